The van der Waals surface area contributed by atoms with Crippen molar-refractivity contribution in [2.45, 2.75) is 12.0 Å². The van der Waals surface area contributed by atoms with Crippen molar-refractivity contribution in [3.63, 3.8) is 0 Å². The van der Waals surface area contributed by atoms with Crippen LogP contribution in [0.2, 0.25) is 0 Å². The van der Waals surface area contributed by atoms with Crippen LogP contribution in [0.1, 0.15) is 17.5 Å². The molecule has 9 heteroatoms. The molecule has 8 nitrogen and oxygen atoms in total. The molecule has 0 aliphatic carbocycles. The summed E-state index contributed by atoms with van der Waals surface area (Å²) in [6, 6.07) is 2.09. The van der Waals surface area contributed by atoms with Crippen LogP contribution in [0.4, 0.5) is 0 Å². The Morgan fingerprint density at radius 2 is 2.00 bits per heavy atom. The molecule has 0 atom stereocenters. The second-order valence-electron chi connectivity index (χ2n) is 3.30. The van der Waals surface area contributed by atoms with Crippen molar-refractivity contribution < 1.29 is 27.5 Å². The van der Waals surface area contributed by atoms with E-state index in [1.54, 1.807) is 0 Å². The molecule has 0 aromatic carbocycles. The monoisotopic (exact) mass is 276 g/mol. The highest BCUT2D eigenvalue weighted by atomic mass is 32.2. The van der Waals surface area contributed by atoms with Crippen molar-refractivity contribution in [1.29, 1.82) is 0 Å². The molecule has 1 rings (SSSR count). The smallest absolute Gasteiger partial charge is 0.371 e. The number of hydrogen-bond acceptors (Lipinski definition) is 5. The van der Waals surface area contributed by atoms with Crippen LogP contribution in [0.5, 0.6) is 0 Å². The quantitative estimate of drug-likeness (QED) is 0.595. The molecule has 0 spiro atoms. The Morgan fingerprint density at radius 1 is 1.33 bits per heavy atom. The molecule has 1 aromatic heterocycles. The zero-order valence-corrected chi connectivity index (χ0v) is 10.3. The molecule has 0 fully saturated rings. The first kappa shape index (κ1) is 14.2. The van der Waals surface area contributed by atoms with E-state index in [-0.39, 0.29) is 19.0 Å². The number of carbonyl (C=O) groups excluding carboxylic acids is 1. The lowest BCUT2D eigenvalue weighted by Gasteiger charge is -2.04. The molecule has 3 N–H and O–H groups in total. The Labute approximate surface area is 103 Å². The fourth-order valence-corrected chi connectivity index (χ4v) is 2.03. The largest absolute Gasteiger partial charge is 0.475 e. The summed E-state index contributed by atoms with van der Waals surface area (Å²) >= 11 is 0. The van der Waals surface area contributed by atoms with Gasteiger partial charge in [0, 0.05) is 20.0 Å². The lowest BCUT2D eigenvalue weighted by molar-refractivity contribution is -0.118. The summed E-state index contributed by atoms with van der Waals surface area (Å²) in [5.41, 5.74) is 0. The molecule has 18 heavy (non-hydrogen) atoms. The minimum absolute atomic E-state index is 0.0228. The number of aromatic carboxylic acids is 1. The maximum atomic E-state index is 11.6. The zero-order valence-electron chi connectivity index (χ0n) is 9.47. The molecule has 0 aliphatic rings. The Balaban J connectivity index is 2.62. The van der Waals surface area contributed by atoms with Crippen molar-refractivity contribution in [3.8, 4) is 0 Å². The molecule has 0 saturated carbocycles. The van der Waals surface area contributed by atoms with E-state index in [2.05, 4.69) is 14.5 Å². The predicted octanol–water partition coefficient (Wildman–Crippen LogP) is -0.608. The van der Waals surface area contributed by atoms with E-state index in [9.17, 15) is 18.0 Å². The van der Waals surface area contributed by atoms with Gasteiger partial charge >= 0.3 is 5.97 Å². The number of carbonyl (C=O) groups is 2. The Morgan fingerprint density at radius 3 is 2.50 bits per heavy atom. The average Bonchev–Trinajstić information content (AvgIpc) is 2.74. The van der Waals surface area contributed by atoms with Crippen LogP contribution in [0, 0.1) is 0 Å². The summed E-state index contributed by atoms with van der Waals surface area (Å²) in [6.45, 7) is 1.41. The van der Waals surface area contributed by atoms with Crippen molar-refractivity contribution in [3.05, 3.63) is 17.9 Å². The van der Waals surface area contributed by atoms with Gasteiger partial charge in [-0.05, 0) is 12.1 Å². The number of amides is 1. The average molecular weight is 276 g/mol. The normalized spacial score (nSPS) is 11.2. The number of nitrogens with one attached hydrogen (secondary N) is 2. The summed E-state index contributed by atoms with van der Waals surface area (Å²) in [4.78, 5) is 21.1. The van der Waals surface area contributed by atoms with Crippen LogP contribution in [-0.2, 0) is 14.8 Å². The number of furan rings is 1. The van der Waals surface area contributed by atoms with Crippen LogP contribution >= 0.6 is 0 Å². The first-order chi connectivity index (χ1) is 8.33. The molecule has 1 amide bonds. The highest BCUT2D eigenvalue weighted by Gasteiger charge is 2.20. The van der Waals surface area contributed by atoms with Gasteiger partial charge in [0.25, 0.3) is 10.0 Å². The van der Waals surface area contributed by atoms with Crippen molar-refractivity contribution in [2.24, 2.45) is 0 Å². The van der Waals surface area contributed by atoms with Crippen LogP contribution in [0.15, 0.2) is 21.6 Å². The van der Waals surface area contributed by atoms with Gasteiger partial charge in [-0.15, -0.1) is 0 Å². The summed E-state index contributed by atoms with van der Waals surface area (Å²) in [5.74, 6) is -2.09. The molecule has 0 aliphatic heterocycles. The van der Waals surface area contributed by atoms with Gasteiger partial charge < -0.3 is 14.8 Å². The fourth-order valence-electron chi connectivity index (χ4n) is 1.07. The third-order valence-electron chi connectivity index (χ3n) is 1.85. The van der Waals surface area contributed by atoms with Crippen LogP contribution in [-0.4, -0.2) is 38.5 Å². The zero-order chi connectivity index (χ0) is 13.8. The van der Waals surface area contributed by atoms with Gasteiger partial charge in [0.05, 0.1) is 0 Å². The van der Waals surface area contributed by atoms with Gasteiger partial charge in [-0.2, -0.15) is 0 Å². The SMILES string of the molecule is CC(=O)NCCNS(=O)(=O)c1ccc(C(=O)O)o1. The molecule has 0 bridgehead atoms. The summed E-state index contributed by atoms with van der Waals surface area (Å²) in [7, 11) is -3.90. The topological polar surface area (TPSA) is 126 Å². The molecule has 0 unspecified atom stereocenters. The molecule has 100 valence electrons. The van der Waals surface area contributed by atoms with Gasteiger partial charge in [0.15, 0.2) is 0 Å². The lowest BCUT2D eigenvalue weighted by Crippen LogP contribution is -2.33. The van der Waals surface area contributed by atoms with Gasteiger partial charge in [-0.1, -0.05) is 0 Å². The first-order valence-corrected chi connectivity index (χ1v) is 6.38. The van der Waals surface area contributed by atoms with Gasteiger partial charge in [0.2, 0.25) is 16.8 Å². The standard InChI is InChI=1S/C9H12N2O6S/c1-6(12)10-4-5-11-18(15,16)8-3-2-7(17-8)9(13)14/h2-3,11H,4-5H2,1H3,(H,10,12)(H,13,14). The minimum atomic E-state index is -3.90. The van der Waals surface area contributed by atoms with E-state index in [1.807, 2.05) is 0 Å². The van der Waals surface area contributed by atoms with Gasteiger partial charge in [-0.25, -0.2) is 17.9 Å². The van der Waals surface area contributed by atoms with E-state index in [0.717, 1.165) is 12.1 Å². The maximum absolute atomic E-state index is 11.6. The Kier molecular flexibility index (Phi) is 4.45. The van der Waals surface area contributed by atoms with E-state index >= 15 is 0 Å². The highest BCUT2D eigenvalue weighted by Crippen LogP contribution is 2.13. The second-order valence-corrected chi connectivity index (χ2v) is 5.00. The summed E-state index contributed by atoms with van der Waals surface area (Å²) in [6.07, 6.45) is 0. The van der Waals surface area contributed by atoms with E-state index in [4.69, 9.17) is 5.11 Å². The number of rotatable bonds is 6. The number of carboxylic acids is 1. The van der Waals surface area contributed by atoms with Crippen LogP contribution in [0.25, 0.3) is 0 Å². The third-order valence-corrected chi connectivity index (χ3v) is 3.18. The van der Waals surface area contributed by atoms with Gasteiger partial charge in [0.1, 0.15) is 0 Å². The lowest BCUT2D eigenvalue weighted by atomic mass is 10.5. The van der Waals surface area contributed by atoms with E-state index < -0.39 is 26.8 Å². The van der Waals surface area contributed by atoms with E-state index in [0.29, 0.717) is 0 Å². The minimum Gasteiger partial charge on any atom is -0.475 e. The molecule has 1 aromatic rings. The number of sulfonamides is 1. The fraction of sp³-hybridized carbons (Fsp3) is 0.333. The second kappa shape index (κ2) is 5.65. The molecule has 0 radical (unpaired) electrons. The summed E-state index contributed by atoms with van der Waals surface area (Å²) < 4.78 is 30.0. The maximum Gasteiger partial charge on any atom is 0.371 e. The van der Waals surface area contributed by atoms with Crippen LogP contribution in [0.3, 0.4) is 0 Å². The predicted molar refractivity (Wildman–Crippen MR) is 59.5 cm³/mol. The third kappa shape index (κ3) is 3.86. The van der Waals surface area contributed by atoms with Crippen molar-refractivity contribution in [2.75, 3.05) is 13.1 Å². The number of carboxylic acid groups (broad SMARTS) is 1. The van der Waals surface area contributed by atoms with E-state index in [1.165, 1.54) is 6.92 Å². The molecular formula is C9H12N2O6S. The summed E-state index contributed by atoms with van der Waals surface area (Å²) in [5, 5.41) is 10.5. The Hall–Kier alpha value is -1.87. The van der Waals surface area contributed by atoms with Crippen LogP contribution < -0.4 is 10.0 Å². The number of hydrogen-bond donors (Lipinski definition) is 3. The molecule has 0 saturated heterocycles. The first-order valence-electron chi connectivity index (χ1n) is 4.90. The van der Waals surface area contributed by atoms with Crippen molar-refractivity contribution >= 4 is 21.9 Å². The highest BCUT2D eigenvalue weighted by molar-refractivity contribution is 7.89. The van der Waals surface area contributed by atoms with Crippen molar-refractivity contribution in [1.82, 2.24) is 10.0 Å². The molecular weight excluding hydrogens is 264 g/mol. The van der Waals surface area contributed by atoms with Gasteiger partial charge in [-0.3, -0.25) is 4.79 Å². The Bertz CT molecular complexity index is 547. The molecule has 1 heterocycles.